The van der Waals surface area contributed by atoms with E-state index in [1.807, 2.05) is 68.7 Å². The van der Waals surface area contributed by atoms with Crippen molar-refractivity contribution in [1.82, 2.24) is 9.80 Å². The molecule has 0 spiro atoms. The first-order chi connectivity index (χ1) is 18.8. The third kappa shape index (κ3) is 6.96. The average Bonchev–Trinajstić information content (AvgIpc) is 2.92. The molecule has 1 aliphatic rings. The van der Waals surface area contributed by atoms with Crippen LogP contribution in [0.25, 0.3) is 0 Å². The number of nitrogens with one attached hydrogen (secondary N) is 1. The second kappa shape index (κ2) is 11.9. The van der Waals surface area contributed by atoms with Crippen molar-refractivity contribution in [2.45, 2.75) is 30.6 Å². The minimum Gasteiger partial charge on any atom is -0.384 e. The molecule has 2 atom stereocenters. The molecule has 40 heavy (non-hydrogen) atoms. The predicted molar refractivity (Wildman–Crippen MR) is 142 cm³/mol. The molecule has 214 valence electrons. The molecule has 0 saturated carbocycles. The van der Waals surface area contributed by atoms with E-state index in [9.17, 15) is 31.1 Å². The summed E-state index contributed by atoms with van der Waals surface area (Å²) in [5, 5.41) is 3.48. The highest BCUT2D eigenvalue weighted by molar-refractivity contribution is 5.95. The normalized spacial score (nSPS) is 18.2. The Morgan fingerprint density at radius 1 is 0.875 bits per heavy atom. The number of likely N-dealkylation sites (N-methyl/N-ethyl adjacent to an activating group) is 1. The Hall–Kier alpha value is -3.53. The number of carbonyl (C=O) groups excluding carboxylic acids is 1. The van der Waals surface area contributed by atoms with Gasteiger partial charge in [0.1, 0.15) is 0 Å². The number of para-hydroxylation sites is 1. The molecule has 3 aromatic rings. The number of amides is 1. The monoisotopic (exact) mass is 563 g/mol. The molecule has 0 bridgehead atoms. The smallest absolute Gasteiger partial charge is 0.384 e. The number of piperidine rings is 1. The van der Waals surface area contributed by atoms with Gasteiger partial charge in [0.2, 0.25) is 0 Å². The third-order valence-electron chi connectivity index (χ3n) is 7.20. The summed E-state index contributed by atoms with van der Waals surface area (Å²) >= 11 is 0. The molecular formula is C30H31F6N3O. The predicted octanol–water partition coefficient (Wildman–Crippen LogP) is 7.11. The van der Waals surface area contributed by atoms with E-state index >= 15 is 0 Å². The number of rotatable bonds is 7. The topological polar surface area (TPSA) is 35.6 Å². The number of hydrogen-bond donors (Lipinski definition) is 1. The molecule has 10 heteroatoms. The minimum absolute atomic E-state index is 0.0262. The number of alkyl halides is 6. The van der Waals surface area contributed by atoms with Crippen LogP contribution < -0.4 is 5.32 Å². The van der Waals surface area contributed by atoms with Gasteiger partial charge in [0.15, 0.2) is 0 Å². The summed E-state index contributed by atoms with van der Waals surface area (Å²) in [7, 11) is 3.96. The summed E-state index contributed by atoms with van der Waals surface area (Å²) in [6.45, 7) is 1.88. The van der Waals surface area contributed by atoms with Gasteiger partial charge in [-0.05, 0) is 61.8 Å². The first-order valence-corrected chi connectivity index (χ1v) is 13.0. The lowest BCUT2D eigenvalue weighted by Crippen LogP contribution is -2.42. The Morgan fingerprint density at radius 2 is 1.48 bits per heavy atom. The highest BCUT2D eigenvalue weighted by atomic mass is 19.4. The first kappa shape index (κ1) is 29.5. The van der Waals surface area contributed by atoms with Gasteiger partial charge in [-0.2, -0.15) is 26.3 Å². The number of benzene rings is 3. The molecule has 1 heterocycles. The Labute approximate surface area is 229 Å². The van der Waals surface area contributed by atoms with Crippen LogP contribution >= 0.6 is 0 Å². The van der Waals surface area contributed by atoms with E-state index in [0.29, 0.717) is 25.1 Å². The Balaban J connectivity index is 1.67. The second-order valence-corrected chi connectivity index (χ2v) is 10.3. The van der Waals surface area contributed by atoms with Crippen LogP contribution in [0, 0.1) is 0 Å². The quantitative estimate of drug-likeness (QED) is 0.311. The van der Waals surface area contributed by atoms with E-state index in [1.165, 1.54) is 4.90 Å². The van der Waals surface area contributed by atoms with E-state index in [0.717, 1.165) is 23.4 Å². The summed E-state index contributed by atoms with van der Waals surface area (Å²) in [5.74, 6) is -1.10. The fourth-order valence-corrected chi connectivity index (χ4v) is 5.20. The van der Waals surface area contributed by atoms with Crippen LogP contribution in [0.15, 0.2) is 72.8 Å². The largest absolute Gasteiger partial charge is 0.416 e. The molecule has 0 aliphatic carbocycles. The highest BCUT2D eigenvalue weighted by Gasteiger charge is 2.39. The van der Waals surface area contributed by atoms with E-state index < -0.39 is 35.0 Å². The molecule has 4 nitrogen and oxygen atoms in total. The van der Waals surface area contributed by atoms with Crippen molar-refractivity contribution in [3.05, 3.63) is 101 Å². The first-order valence-electron chi connectivity index (χ1n) is 13.0. The maximum atomic E-state index is 13.4. The van der Waals surface area contributed by atoms with E-state index in [-0.39, 0.29) is 31.0 Å². The maximum Gasteiger partial charge on any atom is 0.416 e. The summed E-state index contributed by atoms with van der Waals surface area (Å²) in [5.41, 5.74) is -0.675. The van der Waals surface area contributed by atoms with Crippen LogP contribution in [0.3, 0.4) is 0 Å². The Kier molecular flexibility index (Phi) is 8.77. The van der Waals surface area contributed by atoms with Gasteiger partial charge >= 0.3 is 12.4 Å². The molecule has 1 aliphatic heterocycles. The van der Waals surface area contributed by atoms with Crippen LogP contribution in [-0.4, -0.2) is 56.0 Å². The SMILES string of the molecule is CN(C)CCNc1ccccc1[C@H]1CCN(C(=O)c2cc(C(F)(F)F)cc(C(F)(F)F)c2)C[C@H]1c1ccccc1. The molecule has 1 fully saturated rings. The van der Waals surface area contributed by atoms with Gasteiger partial charge in [0.05, 0.1) is 11.1 Å². The van der Waals surface area contributed by atoms with Gasteiger partial charge in [-0.1, -0.05) is 48.5 Å². The van der Waals surface area contributed by atoms with Crippen molar-refractivity contribution < 1.29 is 31.1 Å². The minimum atomic E-state index is -5.03. The number of hydrogen-bond acceptors (Lipinski definition) is 3. The molecule has 1 saturated heterocycles. The lowest BCUT2D eigenvalue weighted by molar-refractivity contribution is -0.143. The lowest BCUT2D eigenvalue weighted by Gasteiger charge is -2.40. The number of carbonyl (C=O) groups is 1. The number of nitrogens with zero attached hydrogens (tertiary/aromatic N) is 2. The molecule has 3 aromatic carbocycles. The number of anilines is 1. The van der Waals surface area contributed by atoms with Gasteiger partial charge in [0, 0.05) is 43.3 Å². The van der Waals surface area contributed by atoms with Crippen LogP contribution in [0.4, 0.5) is 32.0 Å². The molecule has 1 N–H and O–H groups in total. The number of halogens is 6. The second-order valence-electron chi connectivity index (χ2n) is 10.3. The summed E-state index contributed by atoms with van der Waals surface area (Å²) in [4.78, 5) is 16.9. The van der Waals surface area contributed by atoms with Crippen molar-refractivity contribution in [2.24, 2.45) is 0 Å². The van der Waals surface area contributed by atoms with Crippen LogP contribution in [0.5, 0.6) is 0 Å². The highest BCUT2D eigenvalue weighted by Crippen LogP contribution is 2.43. The molecule has 1 amide bonds. The van der Waals surface area contributed by atoms with E-state index in [4.69, 9.17) is 0 Å². The van der Waals surface area contributed by atoms with E-state index in [1.54, 1.807) is 0 Å². The van der Waals surface area contributed by atoms with Gasteiger partial charge in [0.25, 0.3) is 5.91 Å². The third-order valence-corrected chi connectivity index (χ3v) is 7.20. The van der Waals surface area contributed by atoms with Crippen molar-refractivity contribution in [2.75, 3.05) is 45.6 Å². The Morgan fingerprint density at radius 3 is 2.08 bits per heavy atom. The zero-order valence-electron chi connectivity index (χ0n) is 22.2. The van der Waals surface area contributed by atoms with Crippen molar-refractivity contribution >= 4 is 11.6 Å². The standard InChI is InChI=1S/C30H31F6N3O/c1-38(2)15-13-37-27-11-7-6-10-25(27)24-12-14-39(19-26(24)20-8-4-3-5-9-20)28(40)21-16-22(29(31,32)33)18-23(17-21)30(34,35)36/h3-11,16-18,24,26,37H,12-15,19H2,1-2H3/t24-,26+/m1/s1. The molecule has 0 radical (unpaired) electrons. The lowest BCUT2D eigenvalue weighted by atomic mass is 9.76. The summed E-state index contributed by atoms with van der Waals surface area (Å²) in [6, 6.07) is 18.4. The molecule has 4 rings (SSSR count). The van der Waals surface area contributed by atoms with Gasteiger partial charge in [-0.15, -0.1) is 0 Å². The molecular weight excluding hydrogens is 532 g/mol. The zero-order valence-corrected chi connectivity index (χ0v) is 22.2. The summed E-state index contributed by atoms with van der Waals surface area (Å²) in [6.07, 6.45) is -9.57. The van der Waals surface area contributed by atoms with Crippen LogP contribution in [0.2, 0.25) is 0 Å². The van der Waals surface area contributed by atoms with E-state index in [2.05, 4.69) is 10.2 Å². The van der Waals surface area contributed by atoms with Crippen LogP contribution in [0.1, 0.15) is 50.9 Å². The maximum absolute atomic E-state index is 13.4. The number of likely N-dealkylation sites (tertiary alicyclic amines) is 1. The summed E-state index contributed by atoms with van der Waals surface area (Å²) < 4.78 is 80.6. The van der Waals surface area contributed by atoms with Crippen molar-refractivity contribution in [1.29, 1.82) is 0 Å². The fourth-order valence-electron chi connectivity index (χ4n) is 5.20. The van der Waals surface area contributed by atoms with Gasteiger partial charge in [-0.3, -0.25) is 4.79 Å². The Bertz CT molecular complexity index is 1270. The van der Waals surface area contributed by atoms with Crippen molar-refractivity contribution in [3.8, 4) is 0 Å². The molecule has 0 aromatic heterocycles. The van der Waals surface area contributed by atoms with Gasteiger partial charge in [-0.25, -0.2) is 0 Å². The zero-order chi connectivity index (χ0) is 29.1. The molecule has 0 unspecified atom stereocenters. The fraction of sp³-hybridized carbons (Fsp3) is 0.367. The van der Waals surface area contributed by atoms with Gasteiger partial charge < -0.3 is 15.1 Å². The average molecular weight is 564 g/mol. The van der Waals surface area contributed by atoms with Crippen molar-refractivity contribution in [3.63, 3.8) is 0 Å². The van der Waals surface area contributed by atoms with Crippen LogP contribution in [-0.2, 0) is 12.4 Å².